The van der Waals surface area contributed by atoms with Crippen LogP contribution in [0.2, 0.25) is 0 Å². The Bertz CT molecular complexity index is 3570. The molecule has 2 aromatic rings. The van der Waals surface area contributed by atoms with Gasteiger partial charge in [-0.1, -0.05) is 13.8 Å². The number of carboxylic acids is 4. The molecule has 2 aromatic heterocycles. The first kappa shape index (κ1) is 107. The molecule has 0 aliphatic heterocycles. The van der Waals surface area contributed by atoms with Gasteiger partial charge >= 0.3 is 72.1 Å². The van der Waals surface area contributed by atoms with E-state index in [9.17, 15) is 67.7 Å². The van der Waals surface area contributed by atoms with Crippen LogP contribution in [0.1, 0.15) is 303 Å². The Hall–Kier alpha value is -8.62. The summed E-state index contributed by atoms with van der Waals surface area (Å²) in [5.41, 5.74) is 19.6. The van der Waals surface area contributed by atoms with Crippen LogP contribution in [-0.4, -0.2) is 183 Å². The molecule has 118 heavy (non-hydrogen) atoms. The molecule has 0 radical (unpaired) electrons. The SMILES string of the molecule is C[C@@H](CCCC[n+]1cc(CC[C@H](C)C(=O)OC(C)(C)C)c(CCC[C@@H](C(=O)OC(C)(C)C)N(C(=O)OC(C)(C)C)C(=O)OC(C)(C)C)c(CC[C@@H](C(=O)OC(C)(C)C)N(C(=O)OC(C)(C)C)C(=O)OC(C)(C)C)c1)C(=O)OC(C)(C)C.N[C@@H](CCCC[n+]1cc(CC[C@H](N)C(=O)O)c(CCC[C@H](N)C(=O)O)c(CC[C@H](N)C(=O)O)c1)C(=O)O. The maximum atomic E-state index is 14.5. The summed E-state index contributed by atoms with van der Waals surface area (Å²) >= 11 is 0. The summed E-state index contributed by atoms with van der Waals surface area (Å²) < 4.78 is 50.1. The smallest absolute Gasteiger partial charge is 0.420 e. The van der Waals surface area contributed by atoms with Crippen molar-refractivity contribution >= 4 is 72.1 Å². The number of aliphatic carboxylic acids is 4. The van der Waals surface area contributed by atoms with Gasteiger partial charge in [-0.15, -0.1) is 0 Å². The third kappa shape index (κ3) is 44.4. The second-order valence-electron chi connectivity index (χ2n) is 38.4. The maximum absolute atomic E-state index is 14.5. The van der Waals surface area contributed by atoms with E-state index >= 15 is 0 Å². The largest absolute Gasteiger partial charge is 0.480 e. The van der Waals surface area contributed by atoms with Gasteiger partial charge in [0, 0.05) is 35.1 Å². The molecule has 4 amide bonds. The molecule has 8 atom stereocenters. The van der Waals surface area contributed by atoms with Crippen molar-refractivity contribution in [1.29, 1.82) is 0 Å². The van der Waals surface area contributed by atoms with Crippen LogP contribution in [0, 0.1) is 11.8 Å². The summed E-state index contributed by atoms with van der Waals surface area (Å²) in [5, 5.41) is 36.4. The number of rotatable bonds is 40. The summed E-state index contributed by atoms with van der Waals surface area (Å²) in [6.07, 6.45) is 9.53. The molecule has 0 saturated heterocycles. The first-order chi connectivity index (χ1) is 53.6. The fourth-order valence-corrected chi connectivity index (χ4v) is 11.9. The Kier molecular flexibility index (Phi) is 42.6. The first-order valence-corrected chi connectivity index (χ1v) is 41.0. The highest BCUT2D eigenvalue weighted by atomic mass is 16.6. The Balaban J connectivity index is 0.00000156. The molecule has 0 unspecified atom stereocenters. The molecule has 0 bridgehead atoms. The normalized spacial score (nSPS) is 14.4. The Morgan fingerprint density at radius 1 is 0.297 bits per heavy atom. The van der Waals surface area contributed by atoms with Crippen LogP contribution in [-0.2, 0) is 128 Å². The summed E-state index contributed by atoms with van der Waals surface area (Å²) in [7, 11) is 0. The third-order valence-electron chi connectivity index (χ3n) is 17.4. The number of aromatic nitrogens is 2. The van der Waals surface area contributed by atoms with E-state index in [0.717, 1.165) is 27.8 Å². The second-order valence-corrected chi connectivity index (χ2v) is 38.4. The van der Waals surface area contributed by atoms with Crippen LogP contribution < -0.4 is 32.1 Å². The molecule has 0 fully saturated rings. The van der Waals surface area contributed by atoms with Gasteiger partial charge in [-0.2, -0.15) is 9.80 Å². The summed E-state index contributed by atoms with van der Waals surface area (Å²) in [6.45, 7) is 45.1. The van der Waals surface area contributed by atoms with Crippen LogP contribution in [0.5, 0.6) is 0 Å². The Morgan fingerprint density at radius 3 is 0.814 bits per heavy atom. The van der Waals surface area contributed by atoms with Crippen molar-refractivity contribution in [3.63, 3.8) is 0 Å². The molecule has 12 N–H and O–H groups in total. The summed E-state index contributed by atoms with van der Waals surface area (Å²) in [6, 6.07) is -7.19. The molecule has 2 heterocycles. The van der Waals surface area contributed by atoms with Gasteiger partial charge in [0.1, 0.15) is 94.1 Å². The van der Waals surface area contributed by atoms with Crippen LogP contribution in [0.25, 0.3) is 0 Å². The van der Waals surface area contributed by atoms with Crippen molar-refractivity contribution in [3.05, 3.63) is 58.2 Å². The number of ether oxygens (including phenoxy) is 8. The molecular formula is C86H146N8O24+2. The van der Waals surface area contributed by atoms with Crippen LogP contribution >= 0.6 is 0 Å². The molecule has 0 aliphatic carbocycles. The number of nitrogens with zero attached hydrogens (tertiary/aromatic N) is 4. The van der Waals surface area contributed by atoms with E-state index in [1.807, 2.05) is 61.6 Å². The minimum atomic E-state index is -1.58. The zero-order chi connectivity index (χ0) is 91.4. The van der Waals surface area contributed by atoms with Crippen molar-refractivity contribution in [3.8, 4) is 0 Å². The van der Waals surface area contributed by atoms with Gasteiger partial charge in [0.25, 0.3) is 0 Å². The van der Waals surface area contributed by atoms with Gasteiger partial charge in [-0.3, -0.25) is 28.8 Å². The number of unbranched alkanes of at least 4 members (excludes halogenated alkanes) is 2. The van der Waals surface area contributed by atoms with E-state index in [1.165, 1.54) is 0 Å². The average molecular weight is 1680 g/mol. The number of hydrogen-bond acceptors (Lipinski definition) is 24. The highest BCUT2D eigenvalue weighted by Gasteiger charge is 2.45. The number of carbonyl (C=O) groups is 12. The van der Waals surface area contributed by atoms with Crippen LogP contribution in [0.15, 0.2) is 24.8 Å². The standard InChI is InChI=1S/C62H106N3O16.C24H39N5O8/c1-40(47(66)74-55(3,4)5)30-27-28-37-63-38-42(34-33-41(2)48(67)75-56(6,7)8)44(31-29-32-45(49(68)76-57(9,10)11)64(51(70)78-59(15,16)17)52(71)79-60(18,19)20)43(39-63)35-36-46(50(69)77-58(12,13)14)65(53(72)80-61(21,22)23)54(73)81-62(24,25)26;25-17(21(30)31)5-1-2-11-29-12-14(7-9-19(27)23(34)35)16(4-3-6-18(26)22(32)33)15(13-29)8-10-20(28)24(36)37/h38-41,45-46H,27-37H2,1-26H3;12-13,17-20H,1-11,25-28H2,(H3-,30,31,32,33,34,35,36,37)/q+1;/p+1/t40-,41-,45-,46-;17-,18-,19-,20-/m00/s1. The molecule has 0 aliphatic rings. The molecule has 0 spiro atoms. The topological polar surface area (TPSA) is 478 Å². The third-order valence-corrected chi connectivity index (χ3v) is 17.4. The van der Waals surface area contributed by atoms with Gasteiger partial charge < -0.3 is 81.3 Å². The highest BCUT2D eigenvalue weighted by molar-refractivity contribution is 5.95. The number of aryl methyl sites for hydroxylation is 6. The van der Waals surface area contributed by atoms with Crippen molar-refractivity contribution in [2.75, 3.05) is 0 Å². The van der Waals surface area contributed by atoms with Crippen LogP contribution in [0.3, 0.4) is 0 Å². The van der Waals surface area contributed by atoms with Crippen molar-refractivity contribution < 1.29 is 125 Å². The number of imide groups is 2. The van der Waals surface area contributed by atoms with Gasteiger partial charge in [0.15, 0.2) is 24.8 Å². The monoisotopic (exact) mass is 1680 g/mol. The molecule has 2 rings (SSSR count). The number of pyridine rings is 2. The summed E-state index contributed by atoms with van der Waals surface area (Å²) in [4.78, 5) is 158. The fraction of sp³-hybridized carbons (Fsp3) is 0.744. The highest BCUT2D eigenvalue weighted by Crippen LogP contribution is 2.30. The van der Waals surface area contributed by atoms with Crippen molar-refractivity contribution in [2.24, 2.45) is 34.8 Å². The van der Waals surface area contributed by atoms with Gasteiger partial charge in [0.2, 0.25) is 0 Å². The zero-order valence-corrected chi connectivity index (χ0v) is 75.5. The number of esters is 4. The number of carboxylic acid groups (broad SMARTS) is 4. The zero-order valence-electron chi connectivity index (χ0n) is 75.5. The van der Waals surface area contributed by atoms with Crippen molar-refractivity contribution in [1.82, 2.24) is 9.80 Å². The maximum Gasteiger partial charge on any atom is 0.420 e. The van der Waals surface area contributed by atoms with E-state index < -0.39 is 147 Å². The lowest BCUT2D eigenvalue weighted by Gasteiger charge is -2.34. The minimum absolute atomic E-state index is 0.0455. The predicted molar refractivity (Wildman–Crippen MR) is 440 cm³/mol. The van der Waals surface area contributed by atoms with E-state index in [4.69, 9.17) is 71.0 Å². The van der Waals surface area contributed by atoms with E-state index in [-0.39, 0.29) is 69.2 Å². The van der Waals surface area contributed by atoms with E-state index in [0.29, 0.717) is 106 Å². The van der Waals surface area contributed by atoms with Gasteiger partial charge in [-0.05, 0) is 293 Å². The van der Waals surface area contributed by atoms with E-state index in [2.05, 4.69) is 0 Å². The fourth-order valence-electron chi connectivity index (χ4n) is 11.9. The number of nitrogens with two attached hydrogens (primary N) is 4. The molecule has 672 valence electrons. The lowest BCUT2D eigenvalue weighted by molar-refractivity contribution is -0.698. The number of carbonyl (C=O) groups excluding carboxylic acids is 8. The quantitative estimate of drug-likeness (QED) is 0.0133. The van der Waals surface area contributed by atoms with Gasteiger partial charge in [-0.25, -0.2) is 37.9 Å². The minimum Gasteiger partial charge on any atom is -0.480 e. The summed E-state index contributed by atoms with van der Waals surface area (Å²) in [5.74, 6) is -7.76. The first-order valence-electron chi connectivity index (χ1n) is 41.0. The molecule has 0 saturated carbocycles. The molecular weight excluding hydrogens is 1530 g/mol. The molecule has 0 aromatic carbocycles. The number of amides is 4. The lowest BCUT2D eigenvalue weighted by atomic mass is 9.90. The molecule has 32 nitrogen and oxygen atoms in total. The van der Waals surface area contributed by atoms with Gasteiger partial charge in [0.05, 0.1) is 11.8 Å². The molecule has 32 heteroatoms. The Labute approximate surface area is 699 Å². The van der Waals surface area contributed by atoms with Crippen LogP contribution in [0.4, 0.5) is 19.2 Å². The van der Waals surface area contributed by atoms with Crippen molar-refractivity contribution in [2.45, 2.75) is 403 Å². The lowest BCUT2D eigenvalue weighted by Crippen LogP contribution is -2.53. The second kappa shape index (κ2) is 46.8. The number of hydrogen-bond donors (Lipinski definition) is 8. The Morgan fingerprint density at radius 2 is 0.525 bits per heavy atom. The van der Waals surface area contributed by atoms with E-state index in [1.54, 1.807) is 152 Å². The predicted octanol–water partition coefficient (Wildman–Crippen LogP) is 12.0. The average Bonchev–Trinajstić information content (AvgIpc) is 0.811.